The standard InChI is InChI=1S/C4H8/c1-4-2-3-4/h4H,2-3H2,1H3/i2D2,3D2. The summed E-state index contributed by atoms with van der Waals surface area (Å²) in [6.07, 6.45) is -3.12. The van der Waals surface area contributed by atoms with Gasteiger partial charge in [-0.3, -0.25) is 0 Å². The van der Waals surface area contributed by atoms with Gasteiger partial charge in [-0.15, -0.1) is 0 Å². The van der Waals surface area contributed by atoms with Gasteiger partial charge in [0.25, 0.3) is 0 Å². The zero-order valence-electron chi connectivity index (χ0n) is 6.58. The van der Waals surface area contributed by atoms with Gasteiger partial charge in [-0.05, 0) is 5.92 Å². The third-order valence-corrected chi connectivity index (χ3v) is 0.433. The minimum absolute atomic E-state index is 0.421. The largest absolute Gasteiger partial charge is 0.0625 e. The van der Waals surface area contributed by atoms with Crippen LogP contribution in [0, 0.1) is 5.92 Å². The van der Waals surface area contributed by atoms with E-state index in [1.807, 2.05) is 0 Å². The molecule has 1 saturated carbocycles. The fourth-order valence-corrected chi connectivity index (χ4v) is 0.0833. The van der Waals surface area contributed by atoms with Crippen LogP contribution in [0.3, 0.4) is 0 Å². The Kier molecular flexibility index (Phi) is 0.0675. The molecule has 1 fully saturated rings. The minimum Gasteiger partial charge on any atom is -0.0625 e. The van der Waals surface area contributed by atoms with Crippen molar-refractivity contribution in [2.75, 3.05) is 0 Å². The molecule has 0 atom stereocenters. The molecule has 0 aromatic rings. The summed E-state index contributed by atoms with van der Waals surface area (Å²) < 4.78 is 27.8. The predicted octanol–water partition coefficient (Wildman–Crippen LogP) is 1.42. The molecule has 0 heterocycles. The monoisotopic (exact) mass is 60.1 g/mol. The molecule has 0 aromatic carbocycles. The Morgan fingerprint density at radius 1 is 2.00 bits per heavy atom. The van der Waals surface area contributed by atoms with Gasteiger partial charge in [0, 0.05) is 5.48 Å². The van der Waals surface area contributed by atoms with Crippen molar-refractivity contribution in [1.82, 2.24) is 0 Å². The molecule has 1 aliphatic carbocycles. The van der Waals surface area contributed by atoms with E-state index in [-0.39, 0.29) is 0 Å². The molecule has 4 heavy (non-hydrogen) atoms. The Balaban J connectivity index is 2.72. The molecule has 0 radical (unpaired) electrons. The summed E-state index contributed by atoms with van der Waals surface area (Å²) in [5, 5.41) is 0. The number of hydrogen-bond donors (Lipinski definition) is 0. The van der Waals surface area contributed by atoms with Gasteiger partial charge < -0.3 is 0 Å². The molecule has 0 bridgehead atoms. The zero-order chi connectivity index (χ0) is 6.58. The lowest BCUT2D eigenvalue weighted by atomic mass is 10.5. The first kappa shape index (κ1) is 0.562. The lowest BCUT2D eigenvalue weighted by Crippen LogP contribution is -1.42. The van der Waals surface area contributed by atoms with Crippen molar-refractivity contribution < 1.29 is 5.48 Å². The third-order valence-electron chi connectivity index (χ3n) is 0.433. The smallest absolute Gasteiger partial charge is 0.0269 e. The van der Waals surface area contributed by atoms with E-state index in [0.717, 1.165) is 0 Å². The summed E-state index contributed by atoms with van der Waals surface area (Å²) in [4.78, 5) is 0. The number of hydrogen-bond acceptors (Lipinski definition) is 0. The molecule has 0 aliphatic heterocycles. The van der Waals surface area contributed by atoms with Gasteiger partial charge in [-0.1, -0.05) is 19.7 Å². The van der Waals surface area contributed by atoms with Gasteiger partial charge in [0.2, 0.25) is 0 Å². The maximum absolute atomic E-state index is 6.95. The molecular weight excluding hydrogens is 48.0 g/mol. The summed E-state index contributed by atoms with van der Waals surface area (Å²) in [5.41, 5.74) is 0. The third kappa shape index (κ3) is 0.222. The molecule has 0 saturated heterocycles. The lowest BCUT2D eigenvalue weighted by Gasteiger charge is -1.53. The van der Waals surface area contributed by atoms with Gasteiger partial charge in [0.15, 0.2) is 0 Å². The molecule has 0 spiro atoms. The van der Waals surface area contributed by atoms with Crippen LogP contribution < -0.4 is 0 Å². The van der Waals surface area contributed by atoms with Gasteiger partial charge in [-0.2, -0.15) is 0 Å². The highest BCUT2D eigenvalue weighted by Gasteiger charge is 2.12. The van der Waals surface area contributed by atoms with E-state index < -0.39 is 18.7 Å². The average Bonchev–Trinajstić information content (AvgIpc) is 1.88. The van der Waals surface area contributed by atoms with Crippen LogP contribution in [0.4, 0.5) is 0 Å². The molecule has 0 amide bonds. The van der Waals surface area contributed by atoms with Crippen LogP contribution in [0.5, 0.6) is 0 Å². The quantitative estimate of drug-likeness (QED) is 0.396. The Hall–Kier alpha value is 0. The van der Waals surface area contributed by atoms with E-state index >= 15 is 0 Å². The summed E-state index contributed by atoms with van der Waals surface area (Å²) in [6.45, 7) is 1.58. The van der Waals surface area contributed by atoms with Crippen LogP contribution >= 0.6 is 0 Å². The predicted molar refractivity (Wildman–Crippen MR) is 18.4 cm³/mol. The Labute approximate surface area is 32.4 Å². The van der Waals surface area contributed by atoms with Gasteiger partial charge >= 0.3 is 0 Å². The van der Waals surface area contributed by atoms with Crippen LogP contribution in [0.1, 0.15) is 25.2 Å². The van der Waals surface area contributed by atoms with Gasteiger partial charge in [0.1, 0.15) is 0 Å². The van der Waals surface area contributed by atoms with Crippen molar-refractivity contribution in [2.24, 2.45) is 5.92 Å². The topological polar surface area (TPSA) is 0 Å². The van der Waals surface area contributed by atoms with E-state index in [1.165, 1.54) is 0 Å². The first-order chi connectivity index (χ1) is 3.40. The summed E-state index contributed by atoms with van der Waals surface area (Å²) in [6, 6.07) is 0. The summed E-state index contributed by atoms with van der Waals surface area (Å²) in [5.74, 6) is -0.421. The van der Waals surface area contributed by atoms with Crippen molar-refractivity contribution in [3.63, 3.8) is 0 Å². The molecule has 1 aliphatic rings. The van der Waals surface area contributed by atoms with E-state index in [0.29, 0.717) is 0 Å². The summed E-state index contributed by atoms with van der Waals surface area (Å²) in [7, 11) is 0. The van der Waals surface area contributed by atoms with Crippen LogP contribution in [-0.4, -0.2) is 0 Å². The Morgan fingerprint density at radius 2 is 2.25 bits per heavy atom. The molecule has 0 heteroatoms. The second kappa shape index (κ2) is 0.480. The molecule has 1 rings (SSSR count). The van der Waals surface area contributed by atoms with E-state index in [2.05, 4.69) is 0 Å². The fraction of sp³-hybridized carbons (Fsp3) is 1.00. The van der Waals surface area contributed by atoms with Crippen molar-refractivity contribution in [3.05, 3.63) is 0 Å². The highest BCUT2D eigenvalue weighted by atomic mass is 14.2. The van der Waals surface area contributed by atoms with E-state index in [1.54, 1.807) is 6.92 Å². The lowest BCUT2D eigenvalue weighted by molar-refractivity contribution is 0.983. The molecule has 24 valence electrons. The van der Waals surface area contributed by atoms with Crippen molar-refractivity contribution in [3.8, 4) is 0 Å². The van der Waals surface area contributed by atoms with Crippen molar-refractivity contribution in [1.29, 1.82) is 0 Å². The molecule has 0 nitrogen and oxygen atoms in total. The molecule has 0 N–H and O–H groups in total. The van der Waals surface area contributed by atoms with Gasteiger partial charge in [-0.25, -0.2) is 0 Å². The number of rotatable bonds is 0. The van der Waals surface area contributed by atoms with Crippen LogP contribution in [-0.2, 0) is 0 Å². The zero-order valence-corrected chi connectivity index (χ0v) is 2.58. The van der Waals surface area contributed by atoms with E-state index in [9.17, 15) is 0 Å². The highest BCUT2D eigenvalue weighted by Crippen LogP contribution is 2.26. The van der Waals surface area contributed by atoms with Crippen molar-refractivity contribution in [2.45, 2.75) is 19.7 Å². The van der Waals surface area contributed by atoms with Crippen molar-refractivity contribution >= 4 is 0 Å². The maximum atomic E-state index is 6.95. The van der Waals surface area contributed by atoms with Crippen LogP contribution in [0.25, 0.3) is 0 Å². The maximum Gasteiger partial charge on any atom is 0.0269 e. The normalized spacial score (nSPS) is 66.2. The SMILES string of the molecule is [2H]C1([2H])C(C)C1([2H])[2H]. The Morgan fingerprint density at radius 3 is 2.25 bits per heavy atom. The molecule has 0 aromatic heterocycles. The average molecular weight is 60.1 g/mol. The second-order valence-electron chi connectivity index (χ2n) is 1.01. The van der Waals surface area contributed by atoms with Crippen LogP contribution in [0.15, 0.2) is 0 Å². The summed E-state index contributed by atoms with van der Waals surface area (Å²) >= 11 is 0. The minimum atomic E-state index is -1.56. The Bertz CT molecular complexity index is 103. The van der Waals surface area contributed by atoms with Crippen LogP contribution in [0.2, 0.25) is 0 Å². The fourth-order valence-electron chi connectivity index (χ4n) is 0.0833. The van der Waals surface area contributed by atoms with E-state index in [4.69, 9.17) is 5.48 Å². The highest BCUT2D eigenvalue weighted by molar-refractivity contribution is 4.65. The first-order valence-corrected chi connectivity index (χ1v) is 1.40. The molecule has 0 unspecified atom stereocenters. The van der Waals surface area contributed by atoms with Gasteiger partial charge in [0.05, 0.1) is 0 Å². The second-order valence-corrected chi connectivity index (χ2v) is 1.01. The first-order valence-electron chi connectivity index (χ1n) is 3.40. The molecular formula is C4H8.